The summed E-state index contributed by atoms with van der Waals surface area (Å²) in [5.41, 5.74) is 15.6. The highest BCUT2D eigenvalue weighted by Crippen LogP contribution is 2.59. The van der Waals surface area contributed by atoms with Gasteiger partial charge in [0.1, 0.15) is 0 Å². The molecule has 1 aliphatic heterocycles. The van der Waals surface area contributed by atoms with Crippen LogP contribution in [-0.2, 0) is 11.8 Å². The Hall–Kier alpha value is -2.77. The van der Waals surface area contributed by atoms with E-state index in [9.17, 15) is 0 Å². The normalized spacial score (nSPS) is 28.8. The number of allylic oxidation sites excluding steroid dienone is 5. The van der Waals surface area contributed by atoms with Gasteiger partial charge in [0, 0.05) is 5.25 Å². The highest BCUT2D eigenvalue weighted by atomic mass is 32.2. The maximum atomic E-state index is 2.69. The standard InChI is InChI=1S/C36H36S/c1-5-25-11-12-26-13-14-28(20-31(25)26)36(33-21-35-24(4)27(16-17-37-35)19-23(33)3)32-9-7-6-8-29(32)30-15-10-22(2)18-34(30)36/h5-10,13-15,18-21,24,27,35H,11-12,16-17H2,1-4H3/b25-5+. The number of rotatable bonds is 2. The first-order valence-electron chi connectivity index (χ1n) is 14.0. The van der Waals surface area contributed by atoms with Crippen LogP contribution in [0.2, 0.25) is 0 Å². The first kappa shape index (κ1) is 23.4. The van der Waals surface area contributed by atoms with Gasteiger partial charge in [-0.3, -0.25) is 0 Å². The monoisotopic (exact) mass is 500 g/mol. The van der Waals surface area contributed by atoms with E-state index in [1.807, 2.05) is 0 Å². The Bertz CT molecular complexity index is 1520. The van der Waals surface area contributed by atoms with Gasteiger partial charge in [-0.05, 0) is 114 Å². The van der Waals surface area contributed by atoms with E-state index in [2.05, 4.69) is 118 Å². The minimum atomic E-state index is -0.299. The topological polar surface area (TPSA) is 0 Å². The van der Waals surface area contributed by atoms with Gasteiger partial charge in [-0.25, -0.2) is 0 Å². The molecule has 4 unspecified atom stereocenters. The van der Waals surface area contributed by atoms with Crippen LogP contribution in [0.15, 0.2) is 90.0 Å². The third-order valence-electron chi connectivity index (χ3n) is 9.68. The fraction of sp³-hybridized carbons (Fsp3) is 0.333. The summed E-state index contributed by atoms with van der Waals surface area (Å²) in [7, 11) is 0. The molecule has 2 bridgehead atoms. The van der Waals surface area contributed by atoms with Crippen LogP contribution in [0.5, 0.6) is 0 Å². The first-order valence-corrected chi connectivity index (χ1v) is 15.1. The van der Waals surface area contributed by atoms with Crippen molar-refractivity contribution in [1.29, 1.82) is 0 Å². The predicted molar refractivity (Wildman–Crippen MR) is 160 cm³/mol. The van der Waals surface area contributed by atoms with Crippen molar-refractivity contribution < 1.29 is 0 Å². The Morgan fingerprint density at radius 1 is 0.865 bits per heavy atom. The quantitative estimate of drug-likeness (QED) is 0.338. The van der Waals surface area contributed by atoms with Crippen molar-refractivity contribution in [2.45, 2.75) is 57.6 Å². The minimum Gasteiger partial charge on any atom is -0.154 e. The summed E-state index contributed by atoms with van der Waals surface area (Å²) in [6, 6.07) is 23.9. The van der Waals surface area contributed by atoms with Crippen molar-refractivity contribution in [3.63, 3.8) is 0 Å². The molecule has 1 heteroatoms. The molecule has 4 atom stereocenters. The van der Waals surface area contributed by atoms with E-state index in [-0.39, 0.29) is 5.41 Å². The number of thioether (sulfide) groups is 1. The van der Waals surface area contributed by atoms with Crippen LogP contribution in [0.3, 0.4) is 0 Å². The van der Waals surface area contributed by atoms with Crippen LogP contribution in [0.1, 0.15) is 67.0 Å². The van der Waals surface area contributed by atoms with Gasteiger partial charge >= 0.3 is 0 Å². The van der Waals surface area contributed by atoms with Crippen molar-refractivity contribution in [1.82, 2.24) is 0 Å². The van der Waals surface area contributed by atoms with Crippen LogP contribution in [0.4, 0.5) is 0 Å². The van der Waals surface area contributed by atoms with Crippen molar-refractivity contribution >= 4 is 17.3 Å². The van der Waals surface area contributed by atoms with E-state index >= 15 is 0 Å². The van der Waals surface area contributed by atoms with Gasteiger partial charge in [0.05, 0.1) is 5.41 Å². The molecule has 7 rings (SSSR count). The summed E-state index contributed by atoms with van der Waals surface area (Å²) in [5.74, 6) is 2.60. The molecule has 186 valence electrons. The maximum absolute atomic E-state index is 2.69. The van der Waals surface area contributed by atoms with Gasteiger partial charge in [-0.15, -0.1) is 0 Å². The van der Waals surface area contributed by atoms with E-state index in [0.29, 0.717) is 17.1 Å². The molecule has 0 spiro atoms. The Balaban J connectivity index is 1.61. The largest absolute Gasteiger partial charge is 0.154 e. The second-order valence-electron chi connectivity index (χ2n) is 11.6. The van der Waals surface area contributed by atoms with E-state index in [4.69, 9.17) is 0 Å². The van der Waals surface area contributed by atoms with Gasteiger partial charge in [0.25, 0.3) is 0 Å². The van der Waals surface area contributed by atoms with Gasteiger partial charge in [-0.1, -0.05) is 90.9 Å². The molecule has 37 heavy (non-hydrogen) atoms. The Kier molecular flexibility index (Phi) is 5.45. The molecule has 0 N–H and O–H groups in total. The third-order valence-corrected chi connectivity index (χ3v) is 11.1. The molecule has 1 heterocycles. The van der Waals surface area contributed by atoms with Crippen molar-refractivity contribution in [3.05, 3.63) is 123 Å². The fourth-order valence-corrected chi connectivity index (χ4v) is 9.16. The molecule has 3 aliphatic carbocycles. The maximum Gasteiger partial charge on any atom is 0.0713 e. The molecule has 0 nitrogen and oxygen atoms in total. The van der Waals surface area contributed by atoms with Gasteiger partial charge in [0.15, 0.2) is 0 Å². The lowest BCUT2D eigenvalue weighted by Gasteiger charge is -2.37. The Morgan fingerprint density at radius 3 is 2.57 bits per heavy atom. The zero-order valence-corrected chi connectivity index (χ0v) is 23.3. The van der Waals surface area contributed by atoms with E-state index in [1.54, 1.807) is 0 Å². The van der Waals surface area contributed by atoms with Gasteiger partial charge < -0.3 is 0 Å². The van der Waals surface area contributed by atoms with Crippen LogP contribution >= 0.6 is 11.8 Å². The second kappa shape index (κ2) is 8.63. The lowest BCUT2D eigenvalue weighted by Crippen LogP contribution is -2.31. The molecular formula is C36H36S. The van der Waals surface area contributed by atoms with Crippen LogP contribution in [0.25, 0.3) is 16.7 Å². The Morgan fingerprint density at radius 2 is 1.70 bits per heavy atom. The second-order valence-corrected chi connectivity index (χ2v) is 12.9. The van der Waals surface area contributed by atoms with Gasteiger partial charge in [0.2, 0.25) is 0 Å². The Labute approximate surface area is 226 Å². The number of fused-ring (bicyclic) bond motifs is 6. The molecule has 4 aliphatic rings. The molecule has 0 saturated carbocycles. The van der Waals surface area contributed by atoms with Gasteiger partial charge in [-0.2, -0.15) is 11.8 Å². The summed E-state index contributed by atoms with van der Waals surface area (Å²) in [6.45, 7) is 9.33. The lowest BCUT2D eigenvalue weighted by atomic mass is 9.64. The zero-order chi connectivity index (χ0) is 25.3. The fourth-order valence-electron chi connectivity index (χ4n) is 7.74. The molecular weight excluding hydrogens is 464 g/mol. The summed E-state index contributed by atoms with van der Waals surface area (Å²) in [6.07, 6.45) is 11.3. The van der Waals surface area contributed by atoms with Crippen molar-refractivity contribution in [3.8, 4) is 11.1 Å². The van der Waals surface area contributed by atoms with Crippen molar-refractivity contribution in [2.75, 3.05) is 5.75 Å². The molecule has 3 aromatic carbocycles. The highest BCUT2D eigenvalue weighted by Gasteiger charge is 2.49. The molecule has 0 radical (unpaired) electrons. The average Bonchev–Trinajstić information content (AvgIpc) is 3.44. The predicted octanol–water partition coefficient (Wildman–Crippen LogP) is 9.30. The molecule has 0 aromatic heterocycles. The average molecular weight is 501 g/mol. The first-order chi connectivity index (χ1) is 18.0. The number of benzene rings is 3. The number of hydrogen-bond acceptors (Lipinski definition) is 1. The van der Waals surface area contributed by atoms with Crippen LogP contribution in [-0.4, -0.2) is 11.0 Å². The number of hydrogen-bond donors (Lipinski definition) is 0. The van der Waals surface area contributed by atoms with E-state index in [0.717, 1.165) is 12.8 Å². The van der Waals surface area contributed by atoms with Crippen molar-refractivity contribution in [2.24, 2.45) is 11.8 Å². The SMILES string of the molecule is C/C=C1\CCc2ccc(C3(C4=CC5SCCC(C=C4C)C5C)c4ccccc4-c4ccc(C)cc43)cc21. The highest BCUT2D eigenvalue weighted by molar-refractivity contribution is 8.00. The van der Waals surface area contributed by atoms with E-state index in [1.165, 1.54) is 73.4 Å². The molecule has 1 saturated heterocycles. The summed E-state index contributed by atoms with van der Waals surface area (Å²) < 4.78 is 0. The minimum absolute atomic E-state index is 0.299. The third kappa shape index (κ3) is 3.29. The summed E-state index contributed by atoms with van der Waals surface area (Å²) in [5, 5.41) is 0.556. The molecule has 0 amide bonds. The lowest BCUT2D eigenvalue weighted by molar-refractivity contribution is 0.420. The number of aryl methyl sites for hydroxylation is 2. The molecule has 3 aromatic rings. The summed E-state index contributed by atoms with van der Waals surface area (Å²) in [4.78, 5) is 0. The smallest absolute Gasteiger partial charge is 0.0713 e. The summed E-state index contributed by atoms with van der Waals surface area (Å²) >= 11 is 2.17. The van der Waals surface area contributed by atoms with Crippen LogP contribution in [0, 0.1) is 18.8 Å². The van der Waals surface area contributed by atoms with Crippen LogP contribution < -0.4 is 0 Å². The van der Waals surface area contributed by atoms with E-state index < -0.39 is 0 Å². The zero-order valence-electron chi connectivity index (χ0n) is 22.5. The molecule has 1 fully saturated rings.